The van der Waals surface area contributed by atoms with E-state index in [-0.39, 0.29) is 12.1 Å². The number of benzene rings is 1. The molecule has 0 aliphatic carbocycles. The van der Waals surface area contributed by atoms with Crippen molar-refractivity contribution in [3.8, 4) is 0 Å². The van der Waals surface area contributed by atoms with Crippen molar-refractivity contribution in [1.82, 2.24) is 9.80 Å². The van der Waals surface area contributed by atoms with Crippen LogP contribution in [0.1, 0.15) is 23.7 Å². The number of nitrogens with zero attached hydrogens (tertiary/aromatic N) is 2. The molecule has 2 atom stereocenters. The third-order valence-electron chi connectivity index (χ3n) is 4.70. The molecule has 2 aliphatic rings. The Labute approximate surface area is 126 Å². The first-order valence-electron chi connectivity index (χ1n) is 7.76. The summed E-state index contributed by atoms with van der Waals surface area (Å²) < 4.78 is 5.88. The highest BCUT2D eigenvalue weighted by Gasteiger charge is 2.31. The minimum atomic E-state index is -0.0666. The average Bonchev–Trinajstić information content (AvgIpc) is 2.50. The van der Waals surface area contributed by atoms with Crippen LogP contribution in [-0.4, -0.2) is 62.0 Å². The van der Waals surface area contributed by atoms with E-state index in [9.17, 15) is 4.79 Å². The Morgan fingerprint density at radius 1 is 1.29 bits per heavy atom. The Hall–Kier alpha value is -1.23. The van der Waals surface area contributed by atoms with Gasteiger partial charge in [0, 0.05) is 26.1 Å². The molecule has 3 rings (SSSR count). The maximum Gasteiger partial charge on any atom is 0.154 e. The van der Waals surface area contributed by atoms with Crippen LogP contribution in [-0.2, 0) is 16.0 Å². The van der Waals surface area contributed by atoms with Crippen LogP contribution in [0, 0.1) is 0 Å². The van der Waals surface area contributed by atoms with Crippen molar-refractivity contribution in [3.05, 3.63) is 35.4 Å². The maximum absolute atomic E-state index is 12.7. The van der Waals surface area contributed by atoms with Crippen LogP contribution in [0.5, 0.6) is 0 Å². The number of likely N-dealkylation sites (N-methyl/N-ethyl adjacent to an activating group) is 2. The van der Waals surface area contributed by atoms with Crippen molar-refractivity contribution in [1.29, 1.82) is 0 Å². The molecule has 1 fully saturated rings. The van der Waals surface area contributed by atoms with Crippen molar-refractivity contribution in [2.75, 3.05) is 40.3 Å². The second-order valence-corrected chi connectivity index (χ2v) is 6.24. The number of fused-ring (bicyclic) bond motifs is 1. The van der Waals surface area contributed by atoms with Crippen LogP contribution < -0.4 is 0 Å². The highest BCUT2D eigenvalue weighted by atomic mass is 16.5. The number of rotatable bonds is 3. The standard InChI is InChI=1S/C17H24N2O2/c1-18-8-9-19(2)15(12-18)16(20)11-17-14-6-4-3-5-13(14)7-10-21-17/h3-6,15,17H,7-12H2,1-2H3. The predicted octanol–water partition coefficient (Wildman–Crippen LogP) is 1.51. The van der Waals surface area contributed by atoms with Crippen molar-refractivity contribution in [2.45, 2.75) is 25.0 Å². The normalized spacial score (nSPS) is 27.3. The molecule has 1 aromatic carbocycles. The lowest BCUT2D eigenvalue weighted by Gasteiger charge is -2.37. The first kappa shape index (κ1) is 14.7. The molecular weight excluding hydrogens is 264 g/mol. The third kappa shape index (κ3) is 3.18. The zero-order valence-corrected chi connectivity index (χ0v) is 12.9. The lowest BCUT2D eigenvalue weighted by atomic mass is 9.92. The smallest absolute Gasteiger partial charge is 0.154 e. The van der Waals surface area contributed by atoms with E-state index >= 15 is 0 Å². The molecule has 0 radical (unpaired) electrons. The molecule has 114 valence electrons. The number of hydrogen-bond acceptors (Lipinski definition) is 4. The minimum absolute atomic E-state index is 0.00133. The number of hydrogen-bond donors (Lipinski definition) is 0. The number of piperazine rings is 1. The number of carbonyl (C=O) groups excluding carboxylic acids is 1. The van der Waals surface area contributed by atoms with E-state index in [1.54, 1.807) is 0 Å². The van der Waals surface area contributed by atoms with Gasteiger partial charge in [0.05, 0.1) is 18.8 Å². The Morgan fingerprint density at radius 2 is 2.10 bits per heavy atom. The summed E-state index contributed by atoms with van der Waals surface area (Å²) in [5.41, 5.74) is 2.53. The number of Topliss-reactive ketones (excluding diaryl/α,β-unsaturated/α-hetero) is 1. The fourth-order valence-electron chi connectivity index (χ4n) is 3.32. The summed E-state index contributed by atoms with van der Waals surface area (Å²) in [6, 6.07) is 8.35. The number of ketones is 1. The molecule has 0 saturated carbocycles. The fraction of sp³-hybridized carbons (Fsp3) is 0.588. The first-order valence-corrected chi connectivity index (χ1v) is 7.76. The van der Waals surface area contributed by atoms with Crippen LogP contribution in [0.25, 0.3) is 0 Å². The zero-order chi connectivity index (χ0) is 14.8. The van der Waals surface area contributed by atoms with E-state index in [0.29, 0.717) is 12.2 Å². The second kappa shape index (κ2) is 6.26. The Kier molecular flexibility index (Phi) is 4.38. The number of ether oxygens (including phenoxy) is 1. The van der Waals surface area contributed by atoms with E-state index in [1.807, 2.05) is 13.1 Å². The van der Waals surface area contributed by atoms with Gasteiger partial charge in [0.15, 0.2) is 5.78 Å². The van der Waals surface area contributed by atoms with Gasteiger partial charge >= 0.3 is 0 Å². The van der Waals surface area contributed by atoms with Crippen molar-refractivity contribution in [3.63, 3.8) is 0 Å². The van der Waals surface area contributed by atoms with Crippen LogP contribution in [0.4, 0.5) is 0 Å². The first-order chi connectivity index (χ1) is 10.1. The van der Waals surface area contributed by atoms with E-state index in [0.717, 1.165) is 32.7 Å². The topological polar surface area (TPSA) is 32.8 Å². The van der Waals surface area contributed by atoms with Gasteiger partial charge in [-0.25, -0.2) is 0 Å². The second-order valence-electron chi connectivity index (χ2n) is 6.24. The minimum Gasteiger partial charge on any atom is -0.373 e. The molecule has 1 aromatic rings. The molecule has 1 saturated heterocycles. The quantitative estimate of drug-likeness (QED) is 0.844. The van der Waals surface area contributed by atoms with Gasteiger partial charge in [-0.3, -0.25) is 9.69 Å². The van der Waals surface area contributed by atoms with E-state index in [2.05, 4.69) is 35.0 Å². The van der Waals surface area contributed by atoms with Gasteiger partial charge in [0.25, 0.3) is 0 Å². The van der Waals surface area contributed by atoms with Crippen molar-refractivity contribution in [2.24, 2.45) is 0 Å². The molecule has 2 unspecified atom stereocenters. The molecule has 0 aromatic heterocycles. The largest absolute Gasteiger partial charge is 0.373 e. The highest BCUT2D eigenvalue weighted by molar-refractivity contribution is 5.85. The summed E-state index contributed by atoms with van der Waals surface area (Å²) in [6.45, 7) is 3.52. The van der Waals surface area contributed by atoms with Crippen LogP contribution in [0.2, 0.25) is 0 Å². The molecule has 0 spiro atoms. The van der Waals surface area contributed by atoms with Gasteiger partial charge < -0.3 is 9.64 Å². The molecule has 0 N–H and O–H groups in total. The molecule has 0 bridgehead atoms. The summed E-state index contributed by atoms with van der Waals surface area (Å²) in [7, 11) is 4.13. The molecular formula is C17H24N2O2. The average molecular weight is 288 g/mol. The Morgan fingerprint density at radius 3 is 2.95 bits per heavy atom. The molecule has 2 aliphatic heterocycles. The SMILES string of the molecule is CN1CCN(C)C(C(=O)CC2OCCc3ccccc32)C1. The summed E-state index contributed by atoms with van der Waals surface area (Å²) in [5, 5.41) is 0. The summed E-state index contributed by atoms with van der Waals surface area (Å²) in [6.07, 6.45) is 1.37. The van der Waals surface area contributed by atoms with Gasteiger partial charge in [-0.15, -0.1) is 0 Å². The molecule has 4 nitrogen and oxygen atoms in total. The van der Waals surface area contributed by atoms with Gasteiger partial charge in [-0.05, 0) is 31.6 Å². The van der Waals surface area contributed by atoms with Crippen molar-refractivity contribution >= 4 is 5.78 Å². The van der Waals surface area contributed by atoms with Crippen LogP contribution in [0.15, 0.2) is 24.3 Å². The molecule has 4 heteroatoms. The zero-order valence-electron chi connectivity index (χ0n) is 12.9. The van der Waals surface area contributed by atoms with Gasteiger partial charge in [0.1, 0.15) is 0 Å². The van der Waals surface area contributed by atoms with E-state index < -0.39 is 0 Å². The van der Waals surface area contributed by atoms with Crippen LogP contribution in [0.3, 0.4) is 0 Å². The lowest BCUT2D eigenvalue weighted by molar-refractivity contribution is -0.129. The van der Waals surface area contributed by atoms with Gasteiger partial charge in [0.2, 0.25) is 0 Å². The summed E-state index contributed by atoms with van der Waals surface area (Å²) in [4.78, 5) is 17.1. The highest BCUT2D eigenvalue weighted by Crippen LogP contribution is 2.30. The molecule has 21 heavy (non-hydrogen) atoms. The summed E-state index contributed by atoms with van der Waals surface area (Å²) in [5.74, 6) is 0.297. The monoisotopic (exact) mass is 288 g/mol. The number of carbonyl (C=O) groups is 1. The van der Waals surface area contributed by atoms with E-state index in [1.165, 1.54) is 11.1 Å². The molecule has 2 heterocycles. The van der Waals surface area contributed by atoms with Gasteiger partial charge in [-0.2, -0.15) is 0 Å². The lowest BCUT2D eigenvalue weighted by Crippen LogP contribution is -2.53. The predicted molar refractivity (Wildman–Crippen MR) is 82.4 cm³/mol. The Bertz CT molecular complexity index is 517. The van der Waals surface area contributed by atoms with Gasteiger partial charge in [-0.1, -0.05) is 24.3 Å². The van der Waals surface area contributed by atoms with E-state index in [4.69, 9.17) is 4.74 Å². The Balaban J connectivity index is 1.71. The fourth-order valence-corrected chi connectivity index (χ4v) is 3.32. The van der Waals surface area contributed by atoms with Crippen LogP contribution >= 0.6 is 0 Å². The maximum atomic E-state index is 12.7. The molecule has 0 amide bonds. The third-order valence-corrected chi connectivity index (χ3v) is 4.70. The van der Waals surface area contributed by atoms with Crippen molar-refractivity contribution < 1.29 is 9.53 Å². The summed E-state index contributed by atoms with van der Waals surface area (Å²) >= 11 is 0.